The quantitative estimate of drug-likeness (QED) is 0.0696. The van der Waals surface area contributed by atoms with Crippen LogP contribution in [-0.4, -0.2) is 11.8 Å². The van der Waals surface area contributed by atoms with Crippen molar-refractivity contribution in [2.75, 3.05) is 10.6 Å². The number of carbonyl (C=O) groups excluding carboxylic acids is 2. The first-order chi connectivity index (χ1) is 29.6. The Kier molecular flexibility index (Phi) is 11.8. The Morgan fingerprint density at radius 3 is 0.700 bits per heavy atom. The molecule has 8 aromatic rings. The molecule has 2 N–H and O–H groups in total. The second kappa shape index (κ2) is 18.2. The zero-order chi connectivity index (χ0) is 41.0. The van der Waals surface area contributed by atoms with E-state index in [9.17, 15) is 9.59 Å². The van der Waals surface area contributed by atoms with Crippen molar-refractivity contribution in [1.29, 1.82) is 0 Å². The molecule has 0 aliphatic heterocycles. The van der Waals surface area contributed by atoms with Crippen molar-refractivity contribution in [2.45, 2.75) is 10.8 Å². The highest BCUT2D eigenvalue weighted by Gasteiger charge is 2.39. The summed E-state index contributed by atoms with van der Waals surface area (Å²) in [7, 11) is 0. The molecule has 4 heteroatoms. The Morgan fingerprint density at radius 1 is 0.283 bits per heavy atom. The molecule has 0 atom stereocenters. The lowest BCUT2D eigenvalue weighted by atomic mass is 9.65. The Morgan fingerprint density at radius 2 is 0.483 bits per heavy atom. The van der Waals surface area contributed by atoms with Crippen LogP contribution in [0.25, 0.3) is 0 Å². The van der Waals surface area contributed by atoms with Gasteiger partial charge in [-0.25, -0.2) is 0 Å². The highest BCUT2D eigenvalue weighted by Crippen LogP contribution is 2.46. The number of anilines is 2. The van der Waals surface area contributed by atoms with Gasteiger partial charge in [-0.05, 0) is 68.8 Å². The van der Waals surface area contributed by atoms with E-state index >= 15 is 0 Å². The van der Waals surface area contributed by atoms with Gasteiger partial charge in [0.25, 0.3) is 0 Å². The van der Waals surface area contributed by atoms with Crippen LogP contribution < -0.4 is 10.6 Å². The number of hydrogen-bond donors (Lipinski definition) is 2. The SMILES string of the molecule is O=C(/C=C/C=C/C(=O)Nc1ccc(C(c2ccccc2)(c2ccccc2)c2ccccc2)cc1)Nc1ccc(C(c2ccccc2)(c2ccccc2)c2ccccc2)cc1. The van der Waals surface area contributed by atoms with E-state index in [1.165, 1.54) is 12.2 Å². The van der Waals surface area contributed by atoms with Gasteiger partial charge in [0.15, 0.2) is 0 Å². The monoisotopic (exact) mass is 776 g/mol. The van der Waals surface area contributed by atoms with E-state index in [0.29, 0.717) is 11.4 Å². The summed E-state index contributed by atoms with van der Waals surface area (Å²) in [5.41, 5.74) is 9.20. The normalized spacial score (nSPS) is 11.7. The van der Waals surface area contributed by atoms with E-state index in [4.69, 9.17) is 0 Å². The van der Waals surface area contributed by atoms with E-state index < -0.39 is 10.8 Å². The Labute approximate surface area is 352 Å². The van der Waals surface area contributed by atoms with Gasteiger partial charge < -0.3 is 10.6 Å². The van der Waals surface area contributed by atoms with Gasteiger partial charge in [-0.15, -0.1) is 0 Å². The molecule has 0 spiro atoms. The van der Waals surface area contributed by atoms with Crippen molar-refractivity contribution in [1.82, 2.24) is 0 Å². The number of amides is 2. The van der Waals surface area contributed by atoms with Gasteiger partial charge in [0.2, 0.25) is 11.8 Å². The van der Waals surface area contributed by atoms with Gasteiger partial charge in [-0.3, -0.25) is 9.59 Å². The van der Waals surface area contributed by atoms with Crippen LogP contribution >= 0.6 is 0 Å². The topological polar surface area (TPSA) is 58.2 Å². The zero-order valence-corrected chi connectivity index (χ0v) is 33.1. The van der Waals surface area contributed by atoms with Crippen LogP contribution in [0.1, 0.15) is 44.5 Å². The van der Waals surface area contributed by atoms with Crippen LogP contribution in [0.2, 0.25) is 0 Å². The van der Waals surface area contributed by atoms with Crippen molar-refractivity contribution in [3.05, 3.63) is 299 Å². The number of allylic oxidation sites excluding steroid dienone is 2. The maximum Gasteiger partial charge on any atom is 0.248 e. The Hall–Kier alpha value is -7.82. The highest BCUT2D eigenvalue weighted by molar-refractivity contribution is 6.01. The molecule has 0 radical (unpaired) electrons. The third-order valence-corrected chi connectivity index (χ3v) is 11.0. The third-order valence-electron chi connectivity index (χ3n) is 11.0. The highest BCUT2D eigenvalue weighted by atomic mass is 16.2. The largest absolute Gasteiger partial charge is 0.323 e. The summed E-state index contributed by atoms with van der Waals surface area (Å²) in [5, 5.41) is 5.92. The van der Waals surface area contributed by atoms with E-state index in [1.807, 2.05) is 60.7 Å². The average molecular weight is 777 g/mol. The zero-order valence-electron chi connectivity index (χ0n) is 33.1. The molecule has 0 bridgehead atoms. The lowest BCUT2D eigenvalue weighted by Gasteiger charge is -2.37. The fraction of sp³-hybridized carbons (Fsp3) is 0.0357. The number of nitrogens with one attached hydrogen (secondary N) is 2. The second-order valence-electron chi connectivity index (χ2n) is 14.5. The second-order valence-corrected chi connectivity index (χ2v) is 14.5. The predicted octanol–water partition coefficient (Wildman–Crippen LogP) is 12.1. The number of hydrogen-bond acceptors (Lipinski definition) is 2. The molecule has 2 amide bonds. The first kappa shape index (κ1) is 39.0. The fourth-order valence-electron chi connectivity index (χ4n) is 8.39. The van der Waals surface area contributed by atoms with Crippen molar-refractivity contribution in [2.24, 2.45) is 0 Å². The number of benzene rings is 8. The molecule has 60 heavy (non-hydrogen) atoms. The molecular formula is C56H44N2O2. The standard InChI is InChI=1S/C56H44N2O2/c59-53(57-51-39-35-49(36-40-51)55(43-21-7-1-8-22-43,44-23-9-2-10-24-44)45-25-11-3-12-26-45)33-19-20-34-54(60)58-52-41-37-50(38-42-52)56(46-27-13-4-14-28-46,47-29-15-5-16-30-47)48-31-17-6-18-32-48/h1-42H,(H,57,59)(H,58,60)/b33-19+,34-20+. The summed E-state index contributed by atoms with van der Waals surface area (Å²) in [6.45, 7) is 0. The van der Waals surface area contributed by atoms with E-state index in [2.05, 4.69) is 180 Å². The molecule has 0 saturated heterocycles. The lowest BCUT2D eigenvalue weighted by Crippen LogP contribution is -2.31. The van der Waals surface area contributed by atoms with Crippen molar-refractivity contribution in [3.63, 3.8) is 0 Å². The molecule has 0 fully saturated rings. The predicted molar refractivity (Wildman–Crippen MR) is 245 cm³/mol. The summed E-state index contributed by atoms with van der Waals surface area (Å²) in [6.07, 6.45) is 5.94. The summed E-state index contributed by atoms with van der Waals surface area (Å²) >= 11 is 0. The molecule has 0 aromatic heterocycles. The summed E-state index contributed by atoms with van der Waals surface area (Å²) in [4.78, 5) is 26.0. The summed E-state index contributed by atoms with van der Waals surface area (Å²) in [6, 6.07) is 79.1. The Bertz CT molecular complexity index is 2290. The van der Waals surface area contributed by atoms with Gasteiger partial charge in [0.05, 0.1) is 10.8 Å². The summed E-state index contributed by atoms with van der Waals surface area (Å²) in [5.74, 6) is -0.606. The number of rotatable bonds is 13. The van der Waals surface area contributed by atoms with Crippen molar-refractivity contribution < 1.29 is 9.59 Å². The van der Waals surface area contributed by atoms with Crippen molar-refractivity contribution >= 4 is 23.2 Å². The molecule has 0 aliphatic carbocycles. The van der Waals surface area contributed by atoms with E-state index in [1.54, 1.807) is 12.2 Å². The molecule has 0 unspecified atom stereocenters. The molecule has 0 aliphatic rings. The smallest absolute Gasteiger partial charge is 0.248 e. The van der Waals surface area contributed by atoms with Gasteiger partial charge in [0, 0.05) is 23.5 Å². The lowest BCUT2D eigenvalue weighted by molar-refractivity contribution is -0.112. The third kappa shape index (κ3) is 8.00. The van der Waals surface area contributed by atoms with E-state index in [-0.39, 0.29) is 11.8 Å². The van der Waals surface area contributed by atoms with Crippen LogP contribution in [0.5, 0.6) is 0 Å². The Balaban J connectivity index is 0.958. The van der Waals surface area contributed by atoms with E-state index in [0.717, 1.165) is 44.5 Å². The minimum atomic E-state index is -0.573. The molecular weight excluding hydrogens is 733 g/mol. The van der Waals surface area contributed by atoms with Crippen LogP contribution in [0.4, 0.5) is 11.4 Å². The minimum absolute atomic E-state index is 0.303. The first-order valence-corrected chi connectivity index (χ1v) is 20.1. The maximum absolute atomic E-state index is 13.0. The van der Waals surface area contributed by atoms with Crippen LogP contribution in [0.3, 0.4) is 0 Å². The molecule has 0 saturated carbocycles. The van der Waals surface area contributed by atoms with Crippen LogP contribution in [0, 0.1) is 0 Å². The minimum Gasteiger partial charge on any atom is -0.323 e. The molecule has 290 valence electrons. The molecule has 4 nitrogen and oxygen atoms in total. The van der Waals surface area contributed by atoms with Crippen LogP contribution in [0.15, 0.2) is 255 Å². The summed E-state index contributed by atoms with van der Waals surface area (Å²) < 4.78 is 0. The fourth-order valence-corrected chi connectivity index (χ4v) is 8.39. The van der Waals surface area contributed by atoms with Gasteiger partial charge in [0.1, 0.15) is 0 Å². The average Bonchev–Trinajstić information content (AvgIpc) is 3.32. The van der Waals surface area contributed by atoms with Crippen molar-refractivity contribution in [3.8, 4) is 0 Å². The number of carbonyl (C=O) groups is 2. The maximum atomic E-state index is 13.0. The first-order valence-electron chi connectivity index (χ1n) is 20.1. The molecule has 8 rings (SSSR count). The van der Waals surface area contributed by atoms with Gasteiger partial charge in [-0.2, -0.15) is 0 Å². The molecule has 8 aromatic carbocycles. The van der Waals surface area contributed by atoms with Gasteiger partial charge >= 0.3 is 0 Å². The van der Waals surface area contributed by atoms with Crippen LogP contribution in [-0.2, 0) is 20.4 Å². The molecule has 0 heterocycles. The van der Waals surface area contributed by atoms with Gasteiger partial charge in [-0.1, -0.05) is 218 Å².